The highest BCUT2D eigenvalue weighted by Crippen LogP contribution is 2.38. The molecular formula is C58H48O8. The van der Waals surface area contributed by atoms with Crippen LogP contribution >= 0.6 is 0 Å². The van der Waals surface area contributed by atoms with E-state index >= 15 is 0 Å². The first-order valence-corrected chi connectivity index (χ1v) is 22.8. The van der Waals surface area contributed by atoms with Gasteiger partial charge >= 0.3 is 0 Å². The number of ether oxygens (including phenoxy) is 8. The average Bonchev–Trinajstić information content (AvgIpc) is 4.15. The van der Waals surface area contributed by atoms with E-state index in [0.29, 0.717) is 26.4 Å². The highest BCUT2D eigenvalue weighted by atomic mass is 16.6. The van der Waals surface area contributed by atoms with E-state index in [9.17, 15) is 0 Å². The van der Waals surface area contributed by atoms with Gasteiger partial charge in [-0.05, 0) is 175 Å². The molecule has 8 aromatic carbocycles. The first kappa shape index (κ1) is 40.6. The van der Waals surface area contributed by atoms with Crippen LogP contribution in [0.5, 0.6) is 23.0 Å². The van der Waals surface area contributed by atoms with Gasteiger partial charge in [0.1, 0.15) is 73.8 Å². The fourth-order valence-electron chi connectivity index (χ4n) is 8.25. The summed E-state index contributed by atoms with van der Waals surface area (Å²) in [5.41, 5.74) is 13.5. The van der Waals surface area contributed by atoms with Gasteiger partial charge in [-0.1, -0.05) is 72.8 Å². The predicted octanol–water partition coefficient (Wildman–Crippen LogP) is 12.0. The Hall–Kier alpha value is -6.94. The molecule has 0 bridgehead atoms. The summed E-state index contributed by atoms with van der Waals surface area (Å²) in [6.07, 6.45) is 0.835. The van der Waals surface area contributed by atoms with E-state index in [1.54, 1.807) is 0 Å². The fourth-order valence-corrected chi connectivity index (χ4v) is 8.25. The lowest BCUT2D eigenvalue weighted by atomic mass is 9.91. The number of hydrogen-bond acceptors (Lipinski definition) is 8. The first-order valence-electron chi connectivity index (χ1n) is 22.8. The van der Waals surface area contributed by atoms with E-state index in [4.69, 9.17) is 37.9 Å². The topological polar surface area (TPSA) is 87.0 Å². The van der Waals surface area contributed by atoms with Gasteiger partial charge in [-0.15, -0.1) is 0 Å². The molecule has 8 nitrogen and oxygen atoms in total. The lowest BCUT2D eigenvalue weighted by molar-refractivity contribution is 0.263. The minimum atomic E-state index is 0.209. The summed E-state index contributed by atoms with van der Waals surface area (Å²) in [6.45, 7) is 5.39. The van der Waals surface area contributed by atoms with Crippen LogP contribution in [0.4, 0.5) is 0 Å². The van der Waals surface area contributed by atoms with E-state index in [1.165, 1.54) is 10.8 Å². The second kappa shape index (κ2) is 17.8. The van der Waals surface area contributed by atoms with Crippen molar-refractivity contribution in [2.75, 3.05) is 52.9 Å². The molecule has 4 atom stereocenters. The quantitative estimate of drug-likeness (QED) is 0.0788. The minimum absolute atomic E-state index is 0.209. The highest BCUT2D eigenvalue weighted by molar-refractivity contribution is 5.93. The van der Waals surface area contributed by atoms with Crippen LogP contribution in [0.25, 0.3) is 77.5 Å². The molecule has 4 saturated heterocycles. The van der Waals surface area contributed by atoms with E-state index in [2.05, 4.69) is 121 Å². The van der Waals surface area contributed by atoms with Gasteiger partial charge in [0, 0.05) is 0 Å². The summed E-state index contributed by atoms with van der Waals surface area (Å²) in [7, 11) is 0. The van der Waals surface area contributed by atoms with Gasteiger partial charge in [0.25, 0.3) is 0 Å². The third-order valence-corrected chi connectivity index (χ3v) is 12.5. The van der Waals surface area contributed by atoms with E-state index < -0.39 is 0 Å². The zero-order valence-electron chi connectivity index (χ0n) is 36.4. The van der Waals surface area contributed by atoms with Crippen molar-refractivity contribution in [2.45, 2.75) is 24.4 Å². The lowest BCUT2D eigenvalue weighted by Crippen LogP contribution is -2.03. The molecule has 0 amide bonds. The minimum Gasteiger partial charge on any atom is -0.491 e. The molecule has 0 N–H and O–H groups in total. The molecule has 8 aromatic rings. The number of fused-ring (bicyclic) bond motifs is 1. The van der Waals surface area contributed by atoms with Gasteiger partial charge in [0.05, 0.1) is 26.4 Å². The van der Waals surface area contributed by atoms with Crippen molar-refractivity contribution in [3.63, 3.8) is 0 Å². The summed E-state index contributed by atoms with van der Waals surface area (Å²) in [5.74, 6) is 3.36. The van der Waals surface area contributed by atoms with Crippen molar-refractivity contribution >= 4 is 10.8 Å². The molecule has 4 heterocycles. The van der Waals surface area contributed by atoms with Crippen molar-refractivity contribution in [2.24, 2.45) is 0 Å². The molecule has 0 aliphatic carbocycles. The van der Waals surface area contributed by atoms with Crippen LogP contribution < -0.4 is 18.9 Å². The predicted molar refractivity (Wildman–Crippen MR) is 258 cm³/mol. The summed E-state index contributed by atoms with van der Waals surface area (Å²) in [5, 5.41) is 2.34. The maximum atomic E-state index is 5.96. The standard InChI is InChI=1S/C58H48O8/c1-3-43(49-25-45(37-5-13-51(14-6-37)59-29-55-33-63-55)23-46(26-49)38-7-15-52(16-8-38)60-30-56-34-64-56)22-42-2-4-44(21-41(1)42)50-27-47(39-9-17-53(18-10-39)61-31-57-35-65-57)24-48(28-50)40-11-19-54(20-12-40)62-32-58-36-66-58/h1-28,55-58H,29-36H2. The van der Waals surface area contributed by atoms with E-state index in [1.807, 2.05) is 48.5 Å². The summed E-state index contributed by atoms with van der Waals surface area (Å²) >= 11 is 0. The fraction of sp³-hybridized carbons (Fsp3) is 0.207. The third kappa shape index (κ3) is 9.83. The maximum absolute atomic E-state index is 5.96. The van der Waals surface area contributed by atoms with Gasteiger partial charge in [-0.25, -0.2) is 0 Å². The van der Waals surface area contributed by atoms with Crippen molar-refractivity contribution < 1.29 is 37.9 Å². The monoisotopic (exact) mass is 872 g/mol. The molecule has 4 aliphatic heterocycles. The Kier molecular flexibility index (Phi) is 10.9. The van der Waals surface area contributed by atoms with Gasteiger partial charge in [-0.2, -0.15) is 0 Å². The zero-order valence-corrected chi connectivity index (χ0v) is 36.4. The number of hydrogen-bond donors (Lipinski definition) is 0. The van der Waals surface area contributed by atoms with Gasteiger partial charge in [0.2, 0.25) is 0 Å². The Labute approximate surface area is 384 Å². The van der Waals surface area contributed by atoms with Crippen LogP contribution in [0.2, 0.25) is 0 Å². The maximum Gasteiger partial charge on any atom is 0.119 e. The van der Waals surface area contributed by atoms with E-state index in [0.717, 1.165) is 116 Å². The molecular weight excluding hydrogens is 825 g/mol. The van der Waals surface area contributed by atoms with Gasteiger partial charge < -0.3 is 37.9 Å². The number of epoxide rings is 4. The Morgan fingerprint density at radius 3 is 0.697 bits per heavy atom. The van der Waals surface area contributed by atoms with Crippen molar-refractivity contribution in [1.29, 1.82) is 0 Å². The molecule has 4 fully saturated rings. The number of rotatable bonds is 18. The van der Waals surface area contributed by atoms with Crippen LogP contribution in [0, 0.1) is 0 Å². The van der Waals surface area contributed by atoms with Gasteiger partial charge in [-0.3, -0.25) is 0 Å². The number of benzene rings is 8. The van der Waals surface area contributed by atoms with Gasteiger partial charge in [0.15, 0.2) is 0 Å². The molecule has 0 aromatic heterocycles. The Morgan fingerprint density at radius 1 is 0.258 bits per heavy atom. The second-order valence-corrected chi connectivity index (χ2v) is 17.5. The van der Waals surface area contributed by atoms with Crippen LogP contribution in [0.3, 0.4) is 0 Å². The van der Waals surface area contributed by atoms with Crippen LogP contribution in [-0.4, -0.2) is 77.3 Å². The summed E-state index contributed by atoms with van der Waals surface area (Å²) in [4.78, 5) is 0. The largest absolute Gasteiger partial charge is 0.491 e. The highest BCUT2D eigenvalue weighted by Gasteiger charge is 2.25. The van der Waals surface area contributed by atoms with Crippen LogP contribution in [0.1, 0.15) is 0 Å². The molecule has 4 aliphatic rings. The van der Waals surface area contributed by atoms with Crippen molar-refractivity contribution in [1.82, 2.24) is 0 Å². The van der Waals surface area contributed by atoms with Crippen LogP contribution in [0.15, 0.2) is 170 Å². The van der Waals surface area contributed by atoms with Crippen LogP contribution in [-0.2, 0) is 18.9 Å². The first-order chi connectivity index (χ1) is 32.6. The summed E-state index contributed by atoms with van der Waals surface area (Å²) < 4.78 is 45.2. The molecule has 66 heavy (non-hydrogen) atoms. The zero-order chi connectivity index (χ0) is 43.8. The van der Waals surface area contributed by atoms with E-state index in [-0.39, 0.29) is 24.4 Å². The normalized spacial score (nSPS) is 19.0. The Morgan fingerprint density at radius 2 is 0.470 bits per heavy atom. The Balaban J connectivity index is 0.862. The third-order valence-electron chi connectivity index (χ3n) is 12.5. The summed E-state index contributed by atoms with van der Waals surface area (Å²) in [6, 6.07) is 60.7. The molecule has 4 unspecified atom stereocenters. The van der Waals surface area contributed by atoms with Crippen molar-refractivity contribution in [3.05, 3.63) is 170 Å². The molecule has 0 radical (unpaired) electrons. The second-order valence-electron chi connectivity index (χ2n) is 17.5. The SMILES string of the molecule is c1cc(-c2cc(-c3ccc(OCC4CO4)cc3)cc(-c3ccc4cc(-c5cc(-c6ccc(OCC7CO7)cc6)cc(-c6ccc(OCC7CO7)cc6)c5)ccc4c3)c2)ccc1OCC1CO1. The molecule has 0 spiro atoms. The molecule has 328 valence electrons. The Bertz CT molecular complexity index is 2620. The van der Waals surface area contributed by atoms with Crippen molar-refractivity contribution in [3.8, 4) is 89.8 Å². The molecule has 0 saturated carbocycles. The molecule has 8 heteroatoms. The average molecular weight is 873 g/mol. The lowest BCUT2D eigenvalue weighted by Gasteiger charge is -2.14. The smallest absolute Gasteiger partial charge is 0.119 e. The molecule has 12 rings (SSSR count).